The van der Waals surface area contributed by atoms with Crippen molar-refractivity contribution in [1.29, 1.82) is 0 Å². The van der Waals surface area contributed by atoms with E-state index < -0.39 is 6.10 Å². The number of hydrogen-bond donors (Lipinski definition) is 1. The summed E-state index contributed by atoms with van der Waals surface area (Å²) in [7, 11) is 1.61. The lowest BCUT2D eigenvalue weighted by Crippen LogP contribution is -2.42. The normalized spacial score (nSPS) is 17.0. The second-order valence-corrected chi connectivity index (χ2v) is 6.23. The Morgan fingerprint density at radius 3 is 3.11 bits per heavy atom. The number of nitrogens with zero attached hydrogens (tertiary/aromatic N) is 7. The van der Waals surface area contributed by atoms with Gasteiger partial charge in [-0.3, -0.25) is 9.89 Å². The van der Waals surface area contributed by atoms with Crippen LogP contribution in [0.3, 0.4) is 0 Å². The SMILES string of the molecule is COCCn1nnc(C2CN(C(=O)c3ccccc3-c3ncn[nH]3)CCO2)n1. The molecule has 2 aromatic heterocycles. The van der Waals surface area contributed by atoms with E-state index in [-0.39, 0.29) is 5.91 Å². The van der Waals surface area contributed by atoms with Gasteiger partial charge < -0.3 is 14.4 Å². The van der Waals surface area contributed by atoms with Gasteiger partial charge in [0.05, 0.1) is 31.9 Å². The van der Waals surface area contributed by atoms with Crippen molar-refractivity contribution >= 4 is 5.91 Å². The number of amides is 1. The lowest BCUT2D eigenvalue weighted by molar-refractivity contribution is -0.0269. The number of benzene rings is 1. The summed E-state index contributed by atoms with van der Waals surface area (Å²) in [5.74, 6) is 0.903. The molecule has 1 fully saturated rings. The topological polar surface area (TPSA) is 124 Å². The van der Waals surface area contributed by atoms with Crippen molar-refractivity contribution in [2.75, 3.05) is 33.4 Å². The highest BCUT2D eigenvalue weighted by Crippen LogP contribution is 2.24. The van der Waals surface area contributed by atoms with Crippen LogP contribution in [0.4, 0.5) is 0 Å². The summed E-state index contributed by atoms with van der Waals surface area (Å²) >= 11 is 0. The number of H-pyrrole nitrogens is 1. The van der Waals surface area contributed by atoms with Crippen LogP contribution in [-0.2, 0) is 16.0 Å². The van der Waals surface area contributed by atoms with E-state index in [0.717, 1.165) is 0 Å². The first-order chi connectivity index (χ1) is 13.8. The minimum Gasteiger partial charge on any atom is -0.383 e. The Morgan fingerprint density at radius 2 is 2.29 bits per heavy atom. The Balaban J connectivity index is 1.51. The summed E-state index contributed by atoms with van der Waals surface area (Å²) in [6.07, 6.45) is 0.992. The molecule has 11 heteroatoms. The molecule has 0 bridgehead atoms. The van der Waals surface area contributed by atoms with Crippen LogP contribution in [0.15, 0.2) is 30.6 Å². The van der Waals surface area contributed by atoms with E-state index in [2.05, 4.69) is 30.6 Å². The molecule has 0 radical (unpaired) electrons. The molecule has 11 nitrogen and oxygen atoms in total. The lowest BCUT2D eigenvalue weighted by atomic mass is 10.1. The number of aromatic nitrogens is 7. The maximum atomic E-state index is 13.2. The molecule has 1 atom stereocenters. The molecule has 1 unspecified atom stereocenters. The molecule has 146 valence electrons. The van der Waals surface area contributed by atoms with Gasteiger partial charge in [-0.25, -0.2) is 4.98 Å². The second-order valence-electron chi connectivity index (χ2n) is 6.23. The number of methoxy groups -OCH3 is 1. The molecule has 1 amide bonds. The van der Waals surface area contributed by atoms with E-state index in [0.29, 0.717) is 55.6 Å². The Morgan fingerprint density at radius 1 is 1.39 bits per heavy atom. The van der Waals surface area contributed by atoms with Gasteiger partial charge in [-0.15, -0.1) is 10.2 Å². The molecule has 0 spiro atoms. The highest BCUT2D eigenvalue weighted by atomic mass is 16.5. The molecular formula is C17H20N8O3. The predicted octanol–water partition coefficient (Wildman–Crippen LogP) is 0.318. The number of carbonyl (C=O) groups is 1. The number of tetrazole rings is 1. The van der Waals surface area contributed by atoms with E-state index in [1.165, 1.54) is 11.1 Å². The Hall–Kier alpha value is -3.18. The summed E-state index contributed by atoms with van der Waals surface area (Å²) in [6, 6.07) is 7.31. The van der Waals surface area contributed by atoms with Gasteiger partial charge >= 0.3 is 0 Å². The van der Waals surface area contributed by atoms with Crippen molar-refractivity contribution in [3.8, 4) is 11.4 Å². The van der Waals surface area contributed by atoms with Crippen molar-refractivity contribution in [2.45, 2.75) is 12.6 Å². The Kier molecular flexibility index (Phi) is 5.35. The van der Waals surface area contributed by atoms with Crippen molar-refractivity contribution in [2.24, 2.45) is 0 Å². The molecule has 1 aliphatic heterocycles. The van der Waals surface area contributed by atoms with E-state index in [1.54, 1.807) is 18.1 Å². The van der Waals surface area contributed by atoms with Crippen LogP contribution in [0, 0.1) is 0 Å². The van der Waals surface area contributed by atoms with Crippen LogP contribution in [0.25, 0.3) is 11.4 Å². The molecular weight excluding hydrogens is 364 g/mol. The van der Waals surface area contributed by atoms with Gasteiger partial charge in [0.1, 0.15) is 12.4 Å². The molecule has 0 aliphatic carbocycles. The number of rotatable bonds is 6. The monoisotopic (exact) mass is 384 g/mol. The fourth-order valence-electron chi connectivity index (χ4n) is 3.02. The average Bonchev–Trinajstić information content (AvgIpc) is 3.44. The molecule has 1 saturated heterocycles. The zero-order valence-electron chi connectivity index (χ0n) is 15.4. The first kappa shape index (κ1) is 18.2. The van der Waals surface area contributed by atoms with Gasteiger partial charge in [-0.05, 0) is 11.3 Å². The summed E-state index contributed by atoms with van der Waals surface area (Å²) in [6.45, 7) is 2.22. The maximum Gasteiger partial charge on any atom is 0.254 e. The van der Waals surface area contributed by atoms with Gasteiger partial charge in [-0.1, -0.05) is 18.2 Å². The van der Waals surface area contributed by atoms with E-state index in [1.807, 2.05) is 18.2 Å². The van der Waals surface area contributed by atoms with Gasteiger partial charge in [0.2, 0.25) is 5.82 Å². The average molecular weight is 384 g/mol. The van der Waals surface area contributed by atoms with Crippen LogP contribution in [0.2, 0.25) is 0 Å². The fourth-order valence-corrected chi connectivity index (χ4v) is 3.02. The standard InChI is InChI=1S/C17H20N8O3/c1-27-8-7-25-22-16(21-23-25)14-10-24(6-9-28-14)17(26)13-5-3-2-4-12(13)15-18-11-19-20-15/h2-5,11,14H,6-10H2,1H3,(H,18,19,20). The summed E-state index contributed by atoms with van der Waals surface area (Å²) < 4.78 is 10.8. The minimum absolute atomic E-state index is 0.105. The Bertz CT molecular complexity index is 926. The van der Waals surface area contributed by atoms with Gasteiger partial charge in [0.25, 0.3) is 5.91 Å². The fraction of sp³-hybridized carbons (Fsp3) is 0.412. The van der Waals surface area contributed by atoms with Crippen LogP contribution < -0.4 is 0 Å². The first-order valence-electron chi connectivity index (χ1n) is 8.88. The molecule has 0 saturated carbocycles. The minimum atomic E-state index is -0.425. The quantitative estimate of drug-likeness (QED) is 0.644. The zero-order valence-corrected chi connectivity index (χ0v) is 15.4. The maximum absolute atomic E-state index is 13.2. The number of morpholine rings is 1. The summed E-state index contributed by atoms with van der Waals surface area (Å²) in [5.41, 5.74) is 1.26. The third kappa shape index (κ3) is 3.75. The highest BCUT2D eigenvalue weighted by Gasteiger charge is 2.30. The zero-order chi connectivity index (χ0) is 19.3. The van der Waals surface area contributed by atoms with Crippen molar-refractivity contribution in [3.05, 3.63) is 42.0 Å². The highest BCUT2D eigenvalue weighted by molar-refractivity contribution is 6.00. The van der Waals surface area contributed by atoms with E-state index in [9.17, 15) is 4.79 Å². The summed E-state index contributed by atoms with van der Waals surface area (Å²) in [5, 5.41) is 19.1. The number of aromatic amines is 1. The van der Waals surface area contributed by atoms with Crippen molar-refractivity contribution in [1.82, 2.24) is 40.3 Å². The lowest BCUT2D eigenvalue weighted by Gasteiger charge is -2.31. The molecule has 4 rings (SSSR count). The molecule has 3 heterocycles. The van der Waals surface area contributed by atoms with Gasteiger partial charge in [0.15, 0.2) is 5.82 Å². The van der Waals surface area contributed by atoms with E-state index >= 15 is 0 Å². The van der Waals surface area contributed by atoms with Crippen LogP contribution in [0.5, 0.6) is 0 Å². The van der Waals surface area contributed by atoms with Crippen LogP contribution in [-0.4, -0.2) is 79.6 Å². The number of ether oxygens (including phenoxy) is 2. The molecule has 1 aliphatic rings. The first-order valence-corrected chi connectivity index (χ1v) is 8.88. The molecule has 1 aromatic carbocycles. The third-order valence-corrected chi connectivity index (χ3v) is 4.43. The molecule has 28 heavy (non-hydrogen) atoms. The van der Waals surface area contributed by atoms with Crippen LogP contribution >= 0.6 is 0 Å². The van der Waals surface area contributed by atoms with Crippen LogP contribution in [0.1, 0.15) is 22.3 Å². The Labute approximate surface area is 160 Å². The smallest absolute Gasteiger partial charge is 0.254 e. The van der Waals surface area contributed by atoms with Gasteiger partial charge in [0, 0.05) is 19.2 Å². The molecule has 1 N–H and O–H groups in total. The van der Waals surface area contributed by atoms with Gasteiger partial charge in [-0.2, -0.15) is 9.90 Å². The van der Waals surface area contributed by atoms with E-state index in [4.69, 9.17) is 9.47 Å². The van der Waals surface area contributed by atoms with Crippen molar-refractivity contribution in [3.63, 3.8) is 0 Å². The largest absolute Gasteiger partial charge is 0.383 e. The van der Waals surface area contributed by atoms with Crippen molar-refractivity contribution < 1.29 is 14.3 Å². The second kappa shape index (κ2) is 8.23. The summed E-state index contributed by atoms with van der Waals surface area (Å²) in [4.78, 5) is 20.5. The third-order valence-electron chi connectivity index (χ3n) is 4.43. The predicted molar refractivity (Wildman–Crippen MR) is 96.1 cm³/mol. The number of nitrogens with one attached hydrogen (secondary N) is 1. The number of carbonyl (C=O) groups excluding carboxylic acids is 1. The molecule has 3 aromatic rings. The number of hydrogen-bond acceptors (Lipinski definition) is 8.